The molecule has 0 aromatic rings. The van der Waals surface area contributed by atoms with Crippen LogP contribution in [0.4, 0.5) is 0 Å². The van der Waals surface area contributed by atoms with Crippen molar-refractivity contribution >= 4 is 23.7 Å². The molecule has 1 heterocycles. The Hall–Kier alpha value is -1.92. The lowest BCUT2D eigenvalue weighted by atomic mass is 9.81. The van der Waals surface area contributed by atoms with Crippen LogP contribution in [0, 0.1) is 11.8 Å². The van der Waals surface area contributed by atoms with E-state index in [9.17, 15) is 19.2 Å². The van der Waals surface area contributed by atoms with Gasteiger partial charge in [0.25, 0.3) is 5.91 Å². The van der Waals surface area contributed by atoms with Crippen LogP contribution < -0.4 is 5.32 Å². The van der Waals surface area contributed by atoms with E-state index in [0.29, 0.717) is 12.8 Å². The number of nitrogens with one attached hydrogen (secondary N) is 1. The second-order valence-electron chi connectivity index (χ2n) is 7.08. The molecule has 2 saturated carbocycles. The maximum absolute atomic E-state index is 12.5. The van der Waals surface area contributed by atoms with Crippen LogP contribution in [0.15, 0.2) is 0 Å². The summed E-state index contributed by atoms with van der Waals surface area (Å²) in [6.45, 7) is 2.98. The lowest BCUT2D eigenvalue weighted by Gasteiger charge is -2.23. The minimum absolute atomic E-state index is 0.181. The monoisotopic (exact) mass is 336 g/mol. The van der Waals surface area contributed by atoms with Gasteiger partial charge in [0.05, 0.1) is 11.8 Å². The van der Waals surface area contributed by atoms with Crippen LogP contribution in [0.1, 0.15) is 52.4 Å². The molecule has 1 N–H and O–H groups in total. The molecule has 0 aromatic heterocycles. The number of carbonyl (C=O) groups excluding carboxylic acids is 4. The molecule has 3 aliphatic rings. The molecular formula is C17H24N2O5. The van der Waals surface area contributed by atoms with E-state index >= 15 is 0 Å². The number of amides is 3. The summed E-state index contributed by atoms with van der Waals surface area (Å²) in [6, 6.07) is -0.812. The second-order valence-corrected chi connectivity index (χ2v) is 7.08. The van der Waals surface area contributed by atoms with Crippen LogP contribution >= 0.6 is 0 Å². The van der Waals surface area contributed by atoms with Gasteiger partial charge in [-0.3, -0.25) is 19.3 Å². The largest absolute Gasteiger partial charge is 0.451 e. The molecular weight excluding hydrogens is 312 g/mol. The van der Waals surface area contributed by atoms with Crippen molar-refractivity contribution < 1.29 is 23.9 Å². The number of imide groups is 1. The summed E-state index contributed by atoms with van der Waals surface area (Å²) in [4.78, 5) is 50.2. The van der Waals surface area contributed by atoms with Crippen molar-refractivity contribution in [2.75, 3.05) is 0 Å². The van der Waals surface area contributed by atoms with Gasteiger partial charge < -0.3 is 10.1 Å². The Kier molecular flexibility index (Phi) is 4.60. The topological polar surface area (TPSA) is 92.8 Å². The highest BCUT2D eigenvalue weighted by Gasteiger charge is 2.51. The fraction of sp³-hybridized carbons (Fsp3) is 0.765. The molecule has 1 aliphatic heterocycles. The number of nitrogens with zero attached hydrogens (tertiary/aromatic N) is 1. The maximum atomic E-state index is 12.5. The Balaban J connectivity index is 1.61. The second kappa shape index (κ2) is 6.53. The summed E-state index contributed by atoms with van der Waals surface area (Å²) >= 11 is 0. The van der Waals surface area contributed by atoms with Crippen molar-refractivity contribution in [1.82, 2.24) is 10.2 Å². The average Bonchev–Trinajstić information content (AvgIpc) is 3.34. The number of esters is 1. The zero-order chi connectivity index (χ0) is 17.4. The van der Waals surface area contributed by atoms with Crippen LogP contribution in [0.3, 0.4) is 0 Å². The van der Waals surface area contributed by atoms with Crippen molar-refractivity contribution in [3.8, 4) is 0 Å². The number of likely N-dealkylation sites (tertiary alicyclic amines) is 1. The summed E-state index contributed by atoms with van der Waals surface area (Å²) in [7, 11) is 0. The molecule has 7 heteroatoms. The van der Waals surface area contributed by atoms with Crippen molar-refractivity contribution in [2.45, 2.75) is 70.6 Å². The Morgan fingerprint density at radius 2 is 1.58 bits per heavy atom. The first-order valence-electron chi connectivity index (χ1n) is 8.78. The van der Waals surface area contributed by atoms with Crippen molar-refractivity contribution in [2.24, 2.45) is 11.8 Å². The Labute approximate surface area is 141 Å². The molecule has 0 unspecified atom stereocenters. The van der Waals surface area contributed by atoms with E-state index in [1.54, 1.807) is 0 Å². The van der Waals surface area contributed by atoms with Crippen molar-refractivity contribution in [3.63, 3.8) is 0 Å². The number of ether oxygens (including phenoxy) is 1. The highest BCUT2D eigenvalue weighted by Crippen LogP contribution is 2.38. The fourth-order valence-corrected chi connectivity index (χ4v) is 3.55. The molecule has 3 fully saturated rings. The van der Waals surface area contributed by atoms with Crippen LogP contribution in [-0.2, 0) is 23.9 Å². The number of carbonyl (C=O) groups is 4. The van der Waals surface area contributed by atoms with E-state index < -0.39 is 18.1 Å². The molecule has 4 atom stereocenters. The lowest BCUT2D eigenvalue weighted by Crippen LogP contribution is -2.46. The molecule has 0 aromatic carbocycles. The molecule has 132 valence electrons. The van der Waals surface area contributed by atoms with E-state index in [0.717, 1.165) is 30.6 Å². The first kappa shape index (κ1) is 16.9. The lowest BCUT2D eigenvalue weighted by molar-refractivity contribution is -0.164. The van der Waals surface area contributed by atoms with Gasteiger partial charge in [-0.1, -0.05) is 12.8 Å². The molecule has 3 rings (SSSR count). The standard InChI is InChI=1S/C17H24N2O5/c1-9(17(23)24-10(2)14(20)18-11-7-8-11)19-15(21)12-5-3-4-6-13(12)16(19)22/h9-13H,3-8H2,1-2H3,(H,18,20)/t9-,10-,12-,13+/m0/s1. The molecule has 2 aliphatic carbocycles. The van der Waals surface area contributed by atoms with E-state index in [-0.39, 0.29) is 35.6 Å². The number of hydrogen-bond acceptors (Lipinski definition) is 5. The summed E-state index contributed by atoms with van der Waals surface area (Å²) < 4.78 is 5.17. The van der Waals surface area contributed by atoms with Gasteiger partial charge in [0.15, 0.2) is 6.10 Å². The molecule has 24 heavy (non-hydrogen) atoms. The third kappa shape index (κ3) is 3.16. The minimum atomic E-state index is -0.994. The van der Waals surface area contributed by atoms with E-state index in [1.807, 2.05) is 0 Å². The zero-order valence-corrected chi connectivity index (χ0v) is 14.1. The third-order valence-corrected chi connectivity index (χ3v) is 5.19. The maximum Gasteiger partial charge on any atom is 0.329 e. The first-order chi connectivity index (χ1) is 11.4. The molecule has 7 nitrogen and oxygen atoms in total. The normalized spacial score (nSPS) is 29.0. The molecule has 3 amide bonds. The van der Waals surface area contributed by atoms with Gasteiger partial charge in [0.1, 0.15) is 6.04 Å². The molecule has 0 spiro atoms. The Morgan fingerprint density at radius 3 is 2.08 bits per heavy atom. The predicted octanol–water partition coefficient (Wildman–Crippen LogP) is 0.760. The van der Waals surface area contributed by atoms with Gasteiger partial charge >= 0.3 is 5.97 Å². The Bertz CT molecular complexity index is 547. The van der Waals surface area contributed by atoms with E-state index in [1.165, 1.54) is 13.8 Å². The predicted molar refractivity (Wildman–Crippen MR) is 83.5 cm³/mol. The van der Waals surface area contributed by atoms with Crippen LogP contribution in [0.25, 0.3) is 0 Å². The first-order valence-corrected chi connectivity index (χ1v) is 8.78. The smallest absolute Gasteiger partial charge is 0.329 e. The van der Waals surface area contributed by atoms with Gasteiger partial charge in [0, 0.05) is 6.04 Å². The number of fused-ring (bicyclic) bond motifs is 1. The SMILES string of the molecule is C[C@H](OC(=O)[C@H](C)N1C(=O)[C@H]2CCCC[C@H]2C1=O)C(=O)NC1CC1. The van der Waals surface area contributed by atoms with E-state index in [4.69, 9.17) is 4.74 Å². The van der Waals surface area contributed by atoms with Crippen LogP contribution in [-0.4, -0.2) is 46.8 Å². The summed E-state index contributed by atoms with van der Waals surface area (Å²) in [5, 5.41) is 2.76. The fourth-order valence-electron chi connectivity index (χ4n) is 3.55. The van der Waals surface area contributed by atoms with Crippen LogP contribution in [0.5, 0.6) is 0 Å². The van der Waals surface area contributed by atoms with Crippen LogP contribution in [0.2, 0.25) is 0 Å². The minimum Gasteiger partial charge on any atom is -0.451 e. The Morgan fingerprint density at radius 1 is 1.04 bits per heavy atom. The van der Waals surface area contributed by atoms with E-state index in [2.05, 4.69) is 5.32 Å². The zero-order valence-electron chi connectivity index (χ0n) is 14.1. The van der Waals surface area contributed by atoms with Gasteiger partial charge in [-0.2, -0.15) is 0 Å². The summed E-state index contributed by atoms with van der Waals surface area (Å²) in [5.41, 5.74) is 0. The van der Waals surface area contributed by atoms with Gasteiger partial charge in [-0.25, -0.2) is 4.79 Å². The molecule has 0 radical (unpaired) electrons. The van der Waals surface area contributed by atoms with Crippen molar-refractivity contribution in [1.29, 1.82) is 0 Å². The van der Waals surface area contributed by atoms with Gasteiger partial charge in [0.2, 0.25) is 11.8 Å². The number of rotatable bonds is 5. The average molecular weight is 336 g/mol. The highest BCUT2D eigenvalue weighted by atomic mass is 16.5. The summed E-state index contributed by atoms with van der Waals surface area (Å²) in [5.74, 6) is -2.19. The van der Waals surface area contributed by atoms with Gasteiger partial charge in [-0.05, 0) is 39.5 Å². The molecule has 1 saturated heterocycles. The summed E-state index contributed by atoms with van der Waals surface area (Å²) in [6.07, 6.45) is 4.23. The molecule has 0 bridgehead atoms. The highest BCUT2D eigenvalue weighted by molar-refractivity contribution is 6.07. The van der Waals surface area contributed by atoms with Crippen molar-refractivity contribution in [3.05, 3.63) is 0 Å². The quantitative estimate of drug-likeness (QED) is 0.591. The number of hydrogen-bond donors (Lipinski definition) is 1. The third-order valence-electron chi connectivity index (χ3n) is 5.19. The van der Waals surface area contributed by atoms with Gasteiger partial charge in [-0.15, -0.1) is 0 Å².